The number of alkyl halides is 1. The Morgan fingerprint density at radius 1 is 1.10 bits per heavy atom. The lowest BCUT2D eigenvalue weighted by molar-refractivity contribution is -0.164. The number of carboxylic acids is 1. The van der Waals surface area contributed by atoms with E-state index < -0.39 is 30.1 Å². The van der Waals surface area contributed by atoms with Crippen molar-refractivity contribution in [3.8, 4) is 5.75 Å². The number of anilines is 1. The van der Waals surface area contributed by atoms with Crippen LogP contribution in [0.4, 0.5) is 10.1 Å². The number of carboxylic acid groups (broad SMARTS) is 1. The third-order valence-electron chi connectivity index (χ3n) is 10.6. The largest absolute Gasteiger partial charge is 0.487 e. The quantitative estimate of drug-likeness (QED) is 0.415. The third kappa shape index (κ3) is 7.83. The summed E-state index contributed by atoms with van der Waals surface area (Å²) in [5, 5.41) is 22.6. The van der Waals surface area contributed by atoms with E-state index in [1.165, 1.54) is 4.90 Å². The monoisotopic (exact) mass is 683 g/mol. The van der Waals surface area contributed by atoms with Gasteiger partial charge in [0.05, 0.1) is 24.8 Å². The molecule has 0 aromatic heterocycles. The molecule has 1 aliphatic carbocycles. The molecule has 2 bridgehead atoms. The van der Waals surface area contributed by atoms with Crippen molar-refractivity contribution in [1.29, 1.82) is 0 Å². The number of ether oxygens (including phenoxy) is 2. The highest BCUT2D eigenvalue weighted by atomic mass is 35.5. The van der Waals surface area contributed by atoms with Crippen LogP contribution in [0.25, 0.3) is 0 Å². The Kier molecular flexibility index (Phi) is 10.9. The zero-order valence-electron chi connectivity index (χ0n) is 27.7. The number of carbonyl (C=O) groups is 2. The smallest absolute Gasteiger partial charge is 0.340 e. The predicted molar refractivity (Wildman–Crippen MR) is 182 cm³/mol. The first kappa shape index (κ1) is 34.7. The topological polar surface area (TPSA) is 103 Å². The molecule has 4 aliphatic rings. The van der Waals surface area contributed by atoms with Crippen LogP contribution < -0.4 is 9.64 Å². The highest BCUT2D eigenvalue weighted by Gasteiger charge is 2.43. The second-order valence-electron chi connectivity index (χ2n) is 13.9. The lowest BCUT2D eigenvalue weighted by Crippen LogP contribution is -2.50. The molecular weight excluding hydrogens is 637 g/mol. The summed E-state index contributed by atoms with van der Waals surface area (Å²) in [5.74, 6) is -0.769. The Bertz CT molecular complexity index is 1500. The molecular formula is C37H47ClFN3O6. The van der Waals surface area contributed by atoms with Crippen molar-refractivity contribution >= 4 is 29.2 Å². The molecule has 0 unspecified atom stereocenters. The van der Waals surface area contributed by atoms with Gasteiger partial charge < -0.3 is 29.5 Å². The molecule has 0 spiro atoms. The average Bonchev–Trinajstić information content (AvgIpc) is 3.06. The number of aliphatic hydroxyl groups is 1. The first-order valence-corrected chi connectivity index (χ1v) is 17.6. The van der Waals surface area contributed by atoms with Gasteiger partial charge in [-0.1, -0.05) is 35.9 Å². The average molecular weight is 684 g/mol. The highest BCUT2D eigenvalue weighted by Crippen LogP contribution is 2.43. The third-order valence-corrected chi connectivity index (χ3v) is 10.8. The Balaban J connectivity index is 1.34. The molecule has 1 saturated carbocycles. The second kappa shape index (κ2) is 15.2. The van der Waals surface area contributed by atoms with E-state index in [4.69, 9.17) is 21.1 Å². The second-order valence-corrected chi connectivity index (χ2v) is 14.3. The molecule has 4 atom stereocenters. The number of hydrogen-bond donors (Lipinski definition) is 2. The van der Waals surface area contributed by atoms with Crippen LogP contribution in [0.15, 0.2) is 48.6 Å². The number of aliphatic carboxylic acids is 1. The SMILES string of the molecule is CN1CC/C=C/[C@H](OCCN2CC(F)C2)[C@@H]2CC[C@H]2CN2CCCCc3cc(Cl)ccc3COc3ccc(cc32)[C@@](O)(C(=O)O)CC1=O. The molecule has 260 valence electrons. The van der Waals surface area contributed by atoms with E-state index in [9.17, 15) is 24.2 Å². The van der Waals surface area contributed by atoms with Crippen LogP contribution in [-0.4, -0.2) is 97.1 Å². The Morgan fingerprint density at radius 2 is 1.94 bits per heavy atom. The summed E-state index contributed by atoms with van der Waals surface area (Å²) in [6, 6.07) is 10.8. The number of likely N-dealkylation sites (tertiary alicyclic amines) is 1. The van der Waals surface area contributed by atoms with Crippen LogP contribution in [0.5, 0.6) is 5.75 Å². The van der Waals surface area contributed by atoms with Gasteiger partial charge >= 0.3 is 5.97 Å². The van der Waals surface area contributed by atoms with Gasteiger partial charge in [0, 0.05) is 51.3 Å². The highest BCUT2D eigenvalue weighted by molar-refractivity contribution is 6.30. The van der Waals surface area contributed by atoms with E-state index in [1.54, 1.807) is 25.2 Å². The van der Waals surface area contributed by atoms with Crippen molar-refractivity contribution in [3.05, 3.63) is 70.3 Å². The first-order chi connectivity index (χ1) is 23.1. The molecule has 3 heterocycles. The van der Waals surface area contributed by atoms with Crippen LogP contribution in [0.3, 0.4) is 0 Å². The molecule has 2 N–H and O–H groups in total. The number of amides is 1. The molecule has 2 aromatic rings. The molecule has 6 rings (SSSR count). The summed E-state index contributed by atoms with van der Waals surface area (Å²) in [6.45, 7) is 4.23. The molecule has 48 heavy (non-hydrogen) atoms. The summed E-state index contributed by atoms with van der Waals surface area (Å²) in [5.41, 5.74) is 0.624. The predicted octanol–water partition coefficient (Wildman–Crippen LogP) is 5.21. The molecule has 0 radical (unpaired) electrons. The Hall–Kier alpha value is -3.18. The van der Waals surface area contributed by atoms with Gasteiger partial charge in [-0.05, 0) is 91.3 Å². The fraction of sp³-hybridized carbons (Fsp3) is 0.568. The van der Waals surface area contributed by atoms with Gasteiger partial charge in [0.25, 0.3) is 0 Å². The van der Waals surface area contributed by atoms with Crippen molar-refractivity contribution < 1.29 is 33.7 Å². The van der Waals surface area contributed by atoms with E-state index in [-0.39, 0.29) is 17.6 Å². The minimum atomic E-state index is -2.41. The van der Waals surface area contributed by atoms with E-state index in [0.717, 1.165) is 43.2 Å². The minimum absolute atomic E-state index is 0.109. The molecule has 9 nitrogen and oxygen atoms in total. The number of halogens is 2. The van der Waals surface area contributed by atoms with E-state index in [0.29, 0.717) is 81.3 Å². The Morgan fingerprint density at radius 3 is 2.69 bits per heavy atom. The van der Waals surface area contributed by atoms with Gasteiger partial charge in [-0.15, -0.1) is 0 Å². The molecule has 1 amide bonds. The van der Waals surface area contributed by atoms with Crippen molar-refractivity contribution in [2.24, 2.45) is 11.8 Å². The van der Waals surface area contributed by atoms with Crippen LogP contribution in [0.1, 0.15) is 55.2 Å². The standard InChI is InChI=1S/C37H47ClFN3O6/c1-40-14-4-3-7-33(47-17-16-41-22-30(39)23-41)31-12-9-26(31)21-42-15-5-2-6-25-18-29(38)11-8-27(25)24-48-34-13-10-28(19-32(34)42)37(46,36(44)45)20-35(40)43/h3,7-8,10-11,13,18-19,26,30-31,33,46H,2,4-6,9,12,14-17,20-24H2,1H3,(H,44,45)/b7-3+/t26-,31+,33-,37+/m0/s1. The number of rotatable bonds is 5. The van der Waals surface area contributed by atoms with E-state index in [2.05, 4.69) is 15.9 Å². The lowest BCUT2D eigenvalue weighted by atomic mass is 9.70. The van der Waals surface area contributed by atoms with Gasteiger partial charge in [-0.25, -0.2) is 9.18 Å². The fourth-order valence-electron chi connectivity index (χ4n) is 7.34. The van der Waals surface area contributed by atoms with Crippen molar-refractivity contribution in [1.82, 2.24) is 9.80 Å². The minimum Gasteiger partial charge on any atom is -0.487 e. The summed E-state index contributed by atoms with van der Waals surface area (Å²) in [6.07, 6.45) is 7.96. The first-order valence-electron chi connectivity index (χ1n) is 17.2. The molecule has 2 fully saturated rings. The molecule has 2 aromatic carbocycles. The Labute approximate surface area is 287 Å². The van der Waals surface area contributed by atoms with Crippen LogP contribution in [0.2, 0.25) is 5.02 Å². The summed E-state index contributed by atoms with van der Waals surface area (Å²) in [4.78, 5) is 31.7. The molecule has 3 aliphatic heterocycles. The lowest BCUT2D eigenvalue weighted by Gasteiger charge is -2.44. The zero-order chi connectivity index (χ0) is 33.8. The molecule has 1 saturated heterocycles. The van der Waals surface area contributed by atoms with Gasteiger partial charge in [0.15, 0.2) is 5.60 Å². The molecule has 11 heteroatoms. The van der Waals surface area contributed by atoms with E-state index >= 15 is 0 Å². The van der Waals surface area contributed by atoms with Crippen molar-refractivity contribution in [2.45, 2.75) is 69.4 Å². The number of carbonyl (C=O) groups excluding carboxylic acids is 1. The number of nitrogens with zero attached hydrogens (tertiary/aromatic N) is 3. The fourth-order valence-corrected chi connectivity index (χ4v) is 7.53. The number of hydrogen-bond acceptors (Lipinski definition) is 7. The normalized spacial score (nSPS) is 28.2. The van der Waals surface area contributed by atoms with Gasteiger partial charge in [0.1, 0.15) is 18.5 Å². The number of fused-ring (bicyclic) bond motifs is 3. The summed E-state index contributed by atoms with van der Waals surface area (Å²) in [7, 11) is 1.62. The summed E-state index contributed by atoms with van der Waals surface area (Å²) >= 11 is 6.35. The van der Waals surface area contributed by atoms with Crippen molar-refractivity contribution in [2.75, 3.05) is 57.8 Å². The zero-order valence-corrected chi connectivity index (χ0v) is 28.4. The van der Waals surface area contributed by atoms with Gasteiger partial charge in [-0.2, -0.15) is 0 Å². The summed E-state index contributed by atoms with van der Waals surface area (Å²) < 4.78 is 26.3. The maximum absolute atomic E-state index is 13.4. The van der Waals surface area contributed by atoms with Crippen molar-refractivity contribution in [3.63, 3.8) is 0 Å². The van der Waals surface area contributed by atoms with Gasteiger partial charge in [0.2, 0.25) is 5.91 Å². The maximum Gasteiger partial charge on any atom is 0.340 e. The number of aryl methyl sites for hydroxylation is 1. The van der Waals surface area contributed by atoms with Crippen LogP contribution >= 0.6 is 11.6 Å². The van der Waals surface area contributed by atoms with Crippen LogP contribution in [0, 0.1) is 11.8 Å². The maximum atomic E-state index is 13.4. The van der Waals surface area contributed by atoms with E-state index in [1.807, 2.05) is 24.3 Å². The van der Waals surface area contributed by atoms with Crippen LogP contribution in [-0.2, 0) is 33.0 Å². The van der Waals surface area contributed by atoms with Gasteiger partial charge in [-0.3, -0.25) is 9.69 Å². The number of benzene rings is 2.